The van der Waals surface area contributed by atoms with Gasteiger partial charge in [0.2, 0.25) is 0 Å². The zero-order chi connectivity index (χ0) is 13.9. The maximum absolute atomic E-state index is 9.46. The first-order valence-corrected chi connectivity index (χ1v) is 6.52. The van der Waals surface area contributed by atoms with Crippen molar-refractivity contribution >= 4 is 5.65 Å². The minimum atomic E-state index is -0.0630. The first kappa shape index (κ1) is 12.7. The highest BCUT2D eigenvalue weighted by Crippen LogP contribution is 2.25. The number of aryl methyl sites for hydroxylation is 1. The number of aliphatic hydroxyl groups is 1. The van der Waals surface area contributed by atoms with Gasteiger partial charge >= 0.3 is 0 Å². The van der Waals surface area contributed by atoms with Crippen molar-refractivity contribution in [2.75, 3.05) is 0 Å². The summed E-state index contributed by atoms with van der Waals surface area (Å²) in [4.78, 5) is 4.46. The van der Waals surface area contributed by atoms with Crippen LogP contribution >= 0.6 is 0 Å². The molecule has 1 aromatic carbocycles. The number of hydrogen-bond donors (Lipinski definition) is 1. The van der Waals surface area contributed by atoms with Gasteiger partial charge in [0.25, 0.3) is 0 Å². The van der Waals surface area contributed by atoms with Crippen LogP contribution in [0.25, 0.3) is 5.65 Å². The second-order valence-electron chi connectivity index (χ2n) is 4.72. The number of aliphatic hydroxyl groups excluding tert-OH is 1. The summed E-state index contributed by atoms with van der Waals surface area (Å²) in [6.07, 6.45) is 3.82. The number of nitrogens with zero attached hydrogens (tertiary/aromatic N) is 2. The maximum atomic E-state index is 9.46. The van der Waals surface area contributed by atoms with E-state index in [0.717, 1.165) is 22.5 Å². The summed E-state index contributed by atoms with van der Waals surface area (Å²) >= 11 is 0. The van der Waals surface area contributed by atoms with Crippen molar-refractivity contribution in [3.8, 4) is 5.75 Å². The summed E-state index contributed by atoms with van der Waals surface area (Å²) in [5.74, 6) is 0.645. The molecule has 4 nitrogen and oxygen atoms in total. The third kappa shape index (κ3) is 2.38. The minimum Gasteiger partial charge on any atom is -0.485 e. The van der Waals surface area contributed by atoms with Crippen LogP contribution in [0.5, 0.6) is 5.75 Å². The third-order valence-electron chi connectivity index (χ3n) is 3.18. The number of rotatable bonds is 4. The first-order chi connectivity index (χ1) is 9.78. The van der Waals surface area contributed by atoms with Crippen LogP contribution in [-0.4, -0.2) is 14.5 Å². The van der Waals surface area contributed by atoms with Crippen LogP contribution in [-0.2, 0) is 13.2 Å². The number of hydrogen-bond acceptors (Lipinski definition) is 3. The summed E-state index contributed by atoms with van der Waals surface area (Å²) in [7, 11) is 0. The van der Waals surface area contributed by atoms with Gasteiger partial charge in [0.15, 0.2) is 11.4 Å². The molecule has 2 aromatic heterocycles. The normalized spacial score (nSPS) is 10.9. The Hall–Kier alpha value is -2.33. The molecule has 0 saturated heterocycles. The summed E-state index contributed by atoms with van der Waals surface area (Å²) < 4.78 is 7.81. The van der Waals surface area contributed by atoms with Crippen LogP contribution < -0.4 is 4.74 Å². The maximum Gasteiger partial charge on any atom is 0.180 e. The van der Waals surface area contributed by atoms with Crippen LogP contribution in [0, 0.1) is 6.92 Å². The molecule has 0 amide bonds. The Morgan fingerprint density at radius 2 is 2.00 bits per heavy atom. The van der Waals surface area contributed by atoms with E-state index >= 15 is 0 Å². The van der Waals surface area contributed by atoms with Gasteiger partial charge in [0, 0.05) is 18.0 Å². The summed E-state index contributed by atoms with van der Waals surface area (Å²) in [5, 5.41) is 9.46. The third-order valence-corrected chi connectivity index (χ3v) is 3.18. The van der Waals surface area contributed by atoms with Crippen molar-refractivity contribution in [2.24, 2.45) is 0 Å². The molecule has 0 unspecified atom stereocenters. The molecule has 0 saturated carbocycles. The Kier molecular flexibility index (Phi) is 3.39. The smallest absolute Gasteiger partial charge is 0.180 e. The molecule has 1 N–H and O–H groups in total. The second-order valence-corrected chi connectivity index (χ2v) is 4.72. The van der Waals surface area contributed by atoms with Crippen LogP contribution in [0.4, 0.5) is 0 Å². The van der Waals surface area contributed by atoms with Crippen molar-refractivity contribution < 1.29 is 9.84 Å². The topological polar surface area (TPSA) is 46.8 Å². The Morgan fingerprint density at radius 1 is 1.20 bits per heavy atom. The van der Waals surface area contributed by atoms with E-state index < -0.39 is 0 Å². The van der Waals surface area contributed by atoms with Gasteiger partial charge < -0.3 is 14.2 Å². The summed E-state index contributed by atoms with van der Waals surface area (Å²) in [5.41, 5.74) is 3.50. The number of ether oxygens (including phenoxy) is 1. The fourth-order valence-corrected chi connectivity index (χ4v) is 2.20. The molecule has 0 fully saturated rings. The lowest BCUT2D eigenvalue weighted by Crippen LogP contribution is -2.01. The van der Waals surface area contributed by atoms with Gasteiger partial charge in [0.05, 0.1) is 12.3 Å². The lowest BCUT2D eigenvalue weighted by Gasteiger charge is -2.11. The average molecular weight is 268 g/mol. The summed E-state index contributed by atoms with van der Waals surface area (Å²) in [6.45, 7) is 2.33. The molecule has 0 spiro atoms. The van der Waals surface area contributed by atoms with Crippen molar-refractivity contribution in [1.29, 1.82) is 0 Å². The van der Waals surface area contributed by atoms with Crippen LogP contribution in [0.15, 0.2) is 48.8 Å². The lowest BCUT2D eigenvalue weighted by atomic mass is 10.2. The Labute approximate surface area is 117 Å². The van der Waals surface area contributed by atoms with Gasteiger partial charge in [-0.1, -0.05) is 30.3 Å². The molecule has 3 aromatic rings. The van der Waals surface area contributed by atoms with Crippen LogP contribution in [0.3, 0.4) is 0 Å². The Balaban J connectivity index is 1.96. The average Bonchev–Trinajstić information content (AvgIpc) is 2.86. The molecular weight excluding hydrogens is 252 g/mol. The van der Waals surface area contributed by atoms with Gasteiger partial charge in [-0.2, -0.15) is 0 Å². The van der Waals surface area contributed by atoms with E-state index in [2.05, 4.69) is 4.98 Å². The fourth-order valence-electron chi connectivity index (χ4n) is 2.20. The fraction of sp³-hybridized carbons (Fsp3) is 0.188. The SMILES string of the molecule is Cc1cn2ccc(CO)c(OCc3ccccc3)c2n1. The van der Waals surface area contributed by atoms with E-state index in [1.165, 1.54) is 0 Å². The van der Waals surface area contributed by atoms with Crippen LogP contribution in [0.2, 0.25) is 0 Å². The number of fused-ring (bicyclic) bond motifs is 1. The van der Waals surface area contributed by atoms with Crippen molar-refractivity contribution in [1.82, 2.24) is 9.38 Å². The predicted octanol–water partition coefficient (Wildman–Crippen LogP) is 2.71. The highest BCUT2D eigenvalue weighted by molar-refractivity contribution is 5.58. The van der Waals surface area contributed by atoms with E-state index in [4.69, 9.17) is 4.74 Å². The largest absolute Gasteiger partial charge is 0.485 e. The number of imidazole rings is 1. The Bertz CT molecular complexity index is 720. The highest BCUT2D eigenvalue weighted by Gasteiger charge is 2.11. The van der Waals surface area contributed by atoms with Crippen molar-refractivity contribution in [2.45, 2.75) is 20.1 Å². The molecular formula is C16H16N2O2. The zero-order valence-corrected chi connectivity index (χ0v) is 11.3. The quantitative estimate of drug-likeness (QED) is 0.791. The van der Waals surface area contributed by atoms with E-state index in [1.54, 1.807) is 0 Å². The standard InChI is InChI=1S/C16H16N2O2/c1-12-9-18-8-7-14(10-19)15(16(18)17-12)20-11-13-5-3-2-4-6-13/h2-9,19H,10-11H2,1H3. The summed E-state index contributed by atoms with van der Waals surface area (Å²) in [6, 6.07) is 11.8. The molecule has 0 aliphatic rings. The molecule has 0 radical (unpaired) electrons. The van der Waals surface area contributed by atoms with Gasteiger partial charge in [-0.25, -0.2) is 4.98 Å². The number of aromatic nitrogens is 2. The van der Waals surface area contributed by atoms with Gasteiger partial charge in [-0.05, 0) is 18.6 Å². The first-order valence-electron chi connectivity index (χ1n) is 6.52. The molecule has 3 rings (SSSR count). The van der Waals surface area contributed by atoms with E-state index in [0.29, 0.717) is 12.4 Å². The molecule has 20 heavy (non-hydrogen) atoms. The van der Waals surface area contributed by atoms with Crippen molar-refractivity contribution in [3.05, 3.63) is 65.6 Å². The molecule has 4 heteroatoms. The zero-order valence-electron chi connectivity index (χ0n) is 11.3. The minimum absolute atomic E-state index is 0.0630. The van der Waals surface area contributed by atoms with Gasteiger partial charge in [0.1, 0.15) is 6.61 Å². The van der Waals surface area contributed by atoms with Crippen LogP contribution in [0.1, 0.15) is 16.8 Å². The number of pyridine rings is 1. The number of benzene rings is 1. The van der Waals surface area contributed by atoms with E-state index in [1.807, 2.05) is 60.1 Å². The lowest BCUT2D eigenvalue weighted by molar-refractivity contribution is 0.259. The molecule has 0 aliphatic carbocycles. The second kappa shape index (κ2) is 5.35. The van der Waals surface area contributed by atoms with Gasteiger partial charge in [-0.15, -0.1) is 0 Å². The molecule has 102 valence electrons. The Morgan fingerprint density at radius 3 is 2.75 bits per heavy atom. The monoisotopic (exact) mass is 268 g/mol. The van der Waals surface area contributed by atoms with E-state index in [-0.39, 0.29) is 6.61 Å². The van der Waals surface area contributed by atoms with E-state index in [9.17, 15) is 5.11 Å². The highest BCUT2D eigenvalue weighted by atomic mass is 16.5. The molecule has 0 bridgehead atoms. The van der Waals surface area contributed by atoms with Gasteiger partial charge in [-0.3, -0.25) is 0 Å². The van der Waals surface area contributed by atoms with Crippen molar-refractivity contribution in [3.63, 3.8) is 0 Å². The molecule has 0 atom stereocenters. The predicted molar refractivity (Wildman–Crippen MR) is 76.6 cm³/mol. The molecule has 0 aliphatic heterocycles. The molecule has 2 heterocycles.